The van der Waals surface area contributed by atoms with Crippen LogP contribution in [0.25, 0.3) is 76.1 Å². The monoisotopic (exact) mass is 1640 g/mol. The summed E-state index contributed by atoms with van der Waals surface area (Å²) in [5.41, 5.74) is 15.7. The van der Waals surface area contributed by atoms with E-state index < -0.39 is 0 Å². The van der Waals surface area contributed by atoms with Crippen LogP contribution in [0, 0.1) is 0 Å². The van der Waals surface area contributed by atoms with Crippen molar-refractivity contribution in [3.8, 4) is 0 Å². The summed E-state index contributed by atoms with van der Waals surface area (Å²) in [6.07, 6.45) is 13.5. The van der Waals surface area contributed by atoms with Crippen molar-refractivity contribution in [2.24, 2.45) is 7.05 Å². The highest BCUT2D eigenvalue weighted by Gasteiger charge is 2.22. The van der Waals surface area contributed by atoms with Crippen molar-refractivity contribution in [1.82, 2.24) is 39.5 Å². The Hall–Kier alpha value is -9.92. The van der Waals surface area contributed by atoms with Crippen LogP contribution in [-0.2, 0) is 50.4 Å². The molecular weight excluding hydrogens is 1470 g/mol. The molecule has 0 aliphatic heterocycles. The van der Waals surface area contributed by atoms with E-state index in [2.05, 4.69) is 388 Å². The highest BCUT2D eigenvalue weighted by Crippen LogP contribution is 2.34. The summed E-state index contributed by atoms with van der Waals surface area (Å²) in [6.45, 7) is 85.2. The molecule has 0 aliphatic rings. The Kier molecular flexibility index (Phi) is 49.4. The molecule has 0 unspecified atom stereocenters. The molecule has 15 aromatic rings. The zero-order valence-electron chi connectivity index (χ0n) is 84.0. The van der Waals surface area contributed by atoms with E-state index in [1.807, 2.05) is 192 Å². The first-order valence-electron chi connectivity index (χ1n) is 45.3. The molecule has 8 nitrogen and oxygen atoms in total. The molecular formula is C113H168N8. The summed E-state index contributed by atoms with van der Waals surface area (Å²) in [4.78, 5) is 27.3. The first-order chi connectivity index (χ1) is 57.1. The summed E-state index contributed by atoms with van der Waals surface area (Å²) >= 11 is 0. The molecule has 0 bridgehead atoms. The molecule has 0 amide bonds. The molecule has 0 saturated carbocycles. The fraction of sp³-hybridized carbons (Fsp3) is 0.434. The van der Waals surface area contributed by atoms with Gasteiger partial charge >= 0.3 is 0 Å². The number of para-hydroxylation sites is 3. The largest absolute Gasteiger partial charge is 0.361 e. The Labute approximate surface area is 738 Å². The standard InChI is InChI=1S/2C14H16.C13H15N.C12H14N2.3C12H15N.C8H14N2.8C2H6/c1-14(2,3)13-10-6-8-11-7-4-5-9-12(11)13;1-14(2,3)13-9-8-11-6-4-5-7-12(11)10-13;1-13(2,3)11-8-4-6-10-7-5-9-14-12(10)11;1-12(2,3)11-13-8-9-6-4-5-7-10(9)14-11;1-12(2,3)10-4-5-11-9(8-10)6-7-13-11;1-12(2,3)10-5-4-6-11-9(10)7-8-13-11;1-12(2,3)10-6-4-5-9-7-8-13-11(9)10;1-8(2,3)7-9-5-6-10(7)4;8*1-2/h2*4-10H,1-3H3;4-9H,1-3H3;4-8H,1-3H3;3*4-8,13H,1-3H3;5-6H,1-4H3;8*1-2H3. The molecule has 6 aromatic heterocycles. The van der Waals surface area contributed by atoms with Gasteiger partial charge < -0.3 is 19.5 Å². The van der Waals surface area contributed by atoms with Gasteiger partial charge in [0.15, 0.2) is 0 Å². The molecule has 3 N–H and O–H groups in total. The van der Waals surface area contributed by atoms with E-state index >= 15 is 0 Å². The van der Waals surface area contributed by atoms with Crippen LogP contribution in [0.5, 0.6) is 0 Å². The van der Waals surface area contributed by atoms with Crippen LogP contribution >= 0.6 is 0 Å². The predicted octanol–water partition coefficient (Wildman–Crippen LogP) is 35.1. The topological polar surface area (TPSA) is 104 Å². The SMILES string of the molecule is CC.CC.CC.CC.CC.CC.CC.CC.CC(C)(C)c1ccc2[nH]ccc2c1.CC(C)(C)c1ccc2ccccc2c1.CC(C)(C)c1cccc2[nH]ccc12.CC(C)(C)c1cccc2cc[nH]c12.CC(C)(C)c1cccc2ccccc12.CC(C)(C)c1cccc2cccnc12.CC(C)(C)c1ncc2ccccc2n1.Cn1ccnc1C(C)(C)C. The zero-order valence-corrected chi connectivity index (χ0v) is 84.0. The van der Waals surface area contributed by atoms with Gasteiger partial charge in [-0.1, -0.05) is 441 Å². The number of hydrogen-bond acceptors (Lipinski definition) is 4. The number of H-pyrrole nitrogens is 3. The van der Waals surface area contributed by atoms with Gasteiger partial charge in [0.2, 0.25) is 0 Å². The van der Waals surface area contributed by atoms with E-state index in [0.717, 1.165) is 28.1 Å². The molecule has 0 atom stereocenters. The predicted molar refractivity (Wildman–Crippen MR) is 548 cm³/mol. The lowest BCUT2D eigenvalue weighted by atomic mass is 9.84. The maximum absolute atomic E-state index is 4.54. The highest BCUT2D eigenvalue weighted by molar-refractivity contribution is 5.88. The van der Waals surface area contributed by atoms with Crippen molar-refractivity contribution in [2.45, 2.75) is 320 Å². The van der Waals surface area contributed by atoms with E-state index in [1.54, 1.807) is 0 Å². The second-order valence-corrected chi connectivity index (χ2v) is 35.9. The maximum atomic E-state index is 4.54. The lowest BCUT2D eigenvalue weighted by molar-refractivity contribution is 0.522. The first kappa shape index (κ1) is 111. The lowest BCUT2D eigenvalue weighted by Gasteiger charge is -2.21. The van der Waals surface area contributed by atoms with Crippen molar-refractivity contribution in [3.05, 3.63) is 301 Å². The molecule has 9 aromatic carbocycles. The number of rotatable bonds is 0. The quantitative estimate of drug-likeness (QED) is 0.141. The third-order valence-electron chi connectivity index (χ3n) is 18.5. The van der Waals surface area contributed by atoms with Crippen LogP contribution in [0.3, 0.4) is 0 Å². The van der Waals surface area contributed by atoms with Crippen LogP contribution in [0.4, 0.5) is 0 Å². The number of hydrogen-bond donors (Lipinski definition) is 3. The molecule has 8 heteroatoms. The van der Waals surface area contributed by atoms with Gasteiger partial charge in [-0.2, -0.15) is 0 Å². The van der Waals surface area contributed by atoms with Gasteiger partial charge in [-0.25, -0.2) is 15.0 Å². The summed E-state index contributed by atoms with van der Waals surface area (Å²) < 4.78 is 2.06. The van der Waals surface area contributed by atoms with E-state index in [9.17, 15) is 0 Å². The average molecular weight is 1640 g/mol. The summed E-state index contributed by atoms with van der Waals surface area (Å²) in [6, 6.07) is 74.7. The molecule has 660 valence electrons. The smallest absolute Gasteiger partial charge is 0.134 e. The normalized spacial score (nSPS) is 10.9. The minimum atomic E-state index is 0.0179. The van der Waals surface area contributed by atoms with Gasteiger partial charge in [0, 0.05) is 94.0 Å². The number of fused-ring (bicyclic) bond motifs is 7. The molecule has 6 heterocycles. The number of nitrogens with zero attached hydrogens (tertiary/aromatic N) is 5. The summed E-state index contributed by atoms with van der Waals surface area (Å²) in [7, 11) is 2.02. The molecule has 0 spiro atoms. The Morgan fingerprint density at radius 1 is 0.264 bits per heavy atom. The minimum absolute atomic E-state index is 0.0179. The van der Waals surface area contributed by atoms with Crippen LogP contribution in [0.1, 0.15) is 322 Å². The second kappa shape index (κ2) is 53.8. The molecule has 0 radical (unpaired) electrons. The lowest BCUT2D eigenvalue weighted by Crippen LogP contribution is -2.16. The van der Waals surface area contributed by atoms with Crippen LogP contribution < -0.4 is 0 Å². The van der Waals surface area contributed by atoms with Crippen molar-refractivity contribution < 1.29 is 0 Å². The summed E-state index contributed by atoms with van der Waals surface area (Å²) in [5.74, 6) is 2.03. The third kappa shape index (κ3) is 36.0. The Morgan fingerprint density at radius 2 is 0.678 bits per heavy atom. The number of aromatic nitrogens is 8. The number of aryl methyl sites for hydroxylation is 1. The highest BCUT2D eigenvalue weighted by atomic mass is 15.0. The molecule has 0 saturated heterocycles. The Morgan fingerprint density at radius 3 is 1.19 bits per heavy atom. The van der Waals surface area contributed by atoms with Gasteiger partial charge in [-0.15, -0.1) is 0 Å². The number of pyridine rings is 1. The number of imidazole rings is 1. The number of aromatic amines is 3. The molecule has 15 rings (SSSR count). The zero-order chi connectivity index (χ0) is 92.9. The third-order valence-corrected chi connectivity index (χ3v) is 18.5. The van der Waals surface area contributed by atoms with Gasteiger partial charge in [0.05, 0.1) is 11.0 Å². The van der Waals surface area contributed by atoms with E-state index in [0.29, 0.717) is 0 Å². The van der Waals surface area contributed by atoms with Gasteiger partial charge in [0.1, 0.15) is 11.6 Å². The first-order valence-corrected chi connectivity index (χ1v) is 45.3. The number of benzene rings is 9. The fourth-order valence-corrected chi connectivity index (χ4v) is 12.6. The van der Waals surface area contributed by atoms with Gasteiger partial charge in [-0.05, 0) is 147 Å². The van der Waals surface area contributed by atoms with Crippen LogP contribution in [0.15, 0.2) is 256 Å². The average Bonchev–Trinajstić information content (AvgIpc) is 1.27. The minimum Gasteiger partial charge on any atom is -0.361 e. The Bertz CT molecular complexity index is 4960. The van der Waals surface area contributed by atoms with Crippen LogP contribution in [0.2, 0.25) is 0 Å². The van der Waals surface area contributed by atoms with Crippen molar-refractivity contribution in [2.75, 3.05) is 0 Å². The molecule has 0 fully saturated rings. The number of nitrogens with one attached hydrogen (secondary N) is 3. The van der Waals surface area contributed by atoms with Crippen LogP contribution in [-0.4, -0.2) is 39.5 Å². The molecule has 121 heavy (non-hydrogen) atoms. The summed E-state index contributed by atoms with van der Waals surface area (Å²) in [5, 5.41) is 11.6. The second-order valence-electron chi connectivity index (χ2n) is 35.9. The fourth-order valence-electron chi connectivity index (χ4n) is 12.6. The Balaban J connectivity index is 0.00000133. The van der Waals surface area contributed by atoms with E-state index in [4.69, 9.17) is 0 Å². The maximum Gasteiger partial charge on any atom is 0.134 e. The van der Waals surface area contributed by atoms with Crippen molar-refractivity contribution in [3.63, 3.8) is 0 Å². The van der Waals surface area contributed by atoms with E-state index in [1.165, 1.54) is 93.0 Å². The van der Waals surface area contributed by atoms with Crippen molar-refractivity contribution in [1.29, 1.82) is 0 Å². The molecule has 0 aliphatic carbocycles. The van der Waals surface area contributed by atoms with Gasteiger partial charge in [0.25, 0.3) is 0 Å². The van der Waals surface area contributed by atoms with E-state index in [-0.39, 0.29) is 43.3 Å². The van der Waals surface area contributed by atoms with Gasteiger partial charge in [-0.3, -0.25) is 4.98 Å². The van der Waals surface area contributed by atoms with Crippen molar-refractivity contribution >= 4 is 76.1 Å².